The lowest BCUT2D eigenvalue weighted by atomic mass is 9.82. The van der Waals surface area contributed by atoms with Crippen molar-refractivity contribution in [3.63, 3.8) is 0 Å². The van der Waals surface area contributed by atoms with Crippen molar-refractivity contribution in [1.29, 1.82) is 0 Å². The zero-order valence-electron chi connectivity index (χ0n) is 22.3. The molecule has 1 aromatic heterocycles. The second-order valence-corrected chi connectivity index (χ2v) is 12.5. The Morgan fingerprint density at radius 1 is 1.16 bits per heavy atom. The fourth-order valence-electron chi connectivity index (χ4n) is 5.79. The summed E-state index contributed by atoms with van der Waals surface area (Å²) in [5, 5.41) is 4.01. The van der Waals surface area contributed by atoms with Crippen LogP contribution in [-0.4, -0.2) is 53.6 Å². The van der Waals surface area contributed by atoms with Crippen LogP contribution in [0, 0.1) is 12.7 Å². The Morgan fingerprint density at radius 2 is 1.95 bits per heavy atom. The Hall–Kier alpha value is -2.95. The molecule has 2 aliphatic heterocycles. The van der Waals surface area contributed by atoms with Crippen molar-refractivity contribution in [2.75, 3.05) is 17.4 Å². The Kier molecular flexibility index (Phi) is 7.23. The minimum absolute atomic E-state index is 0.0962. The van der Waals surface area contributed by atoms with Crippen molar-refractivity contribution in [3.8, 4) is 5.75 Å². The van der Waals surface area contributed by atoms with Gasteiger partial charge >= 0.3 is 10.2 Å². The van der Waals surface area contributed by atoms with Gasteiger partial charge in [0.1, 0.15) is 17.3 Å². The van der Waals surface area contributed by atoms with Crippen LogP contribution in [0.4, 0.5) is 10.1 Å². The Balaban J connectivity index is 1.42. The molecule has 3 aromatic rings. The van der Waals surface area contributed by atoms with E-state index in [1.165, 1.54) is 20.7 Å². The lowest BCUT2D eigenvalue weighted by Crippen LogP contribution is -2.57. The van der Waals surface area contributed by atoms with Gasteiger partial charge in [-0.1, -0.05) is 23.4 Å². The highest BCUT2D eigenvalue weighted by Gasteiger charge is 2.56. The monoisotopic (exact) mass is 542 g/mol. The van der Waals surface area contributed by atoms with E-state index in [4.69, 9.17) is 9.26 Å². The van der Waals surface area contributed by atoms with E-state index in [1.54, 1.807) is 25.1 Å². The van der Waals surface area contributed by atoms with Crippen molar-refractivity contribution in [3.05, 3.63) is 77.4 Å². The molecule has 10 heteroatoms. The van der Waals surface area contributed by atoms with Gasteiger partial charge in [0, 0.05) is 31.7 Å². The van der Waals surface area contributed by atoms with Crippen molar-refractivity contribution in [2.24, 2.45) is 0 Å². The average molecular weight is 543 g/mol. The molecule has 8 nitrogen and oxygen atoms in total. The van der Waals surface area contributed by atoms with Gasteiger partial charge in [-0.05, 0) is 76.4 Å². The molecule has 0 amide bonds. The Bertz CT molecular complexity index is 1390. The summed E-state index contributed by atoms with van der Waals surface area (Å²) < 4.78 is 56.1. The number of benzene rings is 2. The predicted molar refractivity (Wildman–Crippen MR) is 143 cm³/mol. The van der Waals surface area contributed by atoms with Gasteiger partial charge in [0.25, 0.3) is 0 Å². The van der Waals surface area contributed by atoms with E-state index in [0.29, 0.717) is 43.1 Å². The van der Waals surface area contributed by atoms with Crippen molar-refractivity contribution < 1.29 is 22.1 Å². The largest absolute Gasteiger partial charge is 0.491 e. The molecule has 2 fully saturated rings. The van der Waals surface area contributed by atoms with Crippen LogP contribution < -0.4 is 9.04 Å². The van der Waals surface area contributed by atoms with E-state index in [0.717, 1.165) is 17.9 Å². The van der Waals surface area contributed by atoms with Gasteiger partial charge in [0.15, 0.2) is 0 Å². The molecule has 2 aliphatic rings. The molecular weight excluding hydrogens is 507 g/mol. The summed E-state index contributed by atoms with van der Waals surface area (Å²) >= 11 is 0. The maximum atomic E-state index is 14.3. The van der Waals surface area contributed by atoms with Crippen LogP contribution in [-0.2, 0) is 23.3 Å². The summed E-state index contributed by atoms with van der Waals surface area (Å²) in [6.45, 7) is 9.77. The number of nitrogens with zero attached hydrogens (tertiary/aromatic N) is 4. The van der Waals surface area contributed by atoms with E-state index >= 15 is 0 Å². The molecule has 5 rings (SSSR count). The zero-order valence-corrected chi connectivity index (χ0v) is 23.1. The Labute approximate surface area is 224 Å². The predicted octanol–water partition coefficient (Wildman–Crippen LogP) is 4.90. The summed E-state index contributed by atoms with van der Waals surface area (Å²) in [6.07, 6.45) is 1.32. The lowest BCUT2D eigenvalue weighted by Gasteiger charge is -2.47. The molecule has 2 aromatic carbocycles. The number of rotatable bonds is 7. The van der Waals surface area contributed by atoms with Crippen LogP contribution in [0.1, 0.15) is 50.6 Å². The molecule has 2 saturated heterocycles. The van der Waals surface area contributed by atoms with Gasteiger partial charge in [-0.3, -0.25) is 4.90 Å². The topological polar surface area (TPSA) is 79.1 Å². The highest BCUT2D eigenvalue weighted by Crippen LogP contribution is 2.45. The minimum atomic E-state index is -3.93. The molecule has 0 N–H and O–H groups in total. The van der Waals surface area contributed by atoms with E-state index in [-0.39, 0.29) is 18.7 Å². The van der Waals surface area contributed by atoms with Gasteiger partial charge in [-0.2, -0.15) is 12.7 Å². The standard InChI is InChI=1S/C28H35FN4O4S/c1-20(2)36-27-10-5-7-23(14-27)17-31-12-11-28(16-21(31)3)19-32(18-25-13-22(4)37-30-25)38(34,35)33(28)26-9-6-8-24(29)15-26/h5-10,13-15,20-21H,11-12,16-19H2,1-4H3/t21-,28+/m0/s1. The highest BCUT2D eigenvalue weighted by atomic mass is 32.2. The van der Waals surface area contributed by atoms with E-state index in [1.807, 2.05) is 26.0 Å². The third kappa shape index (κ3) is 5.30. The first kappa shape index (κ1) is 26.6. The minimum Gasteiger partial charge on any atom is -0.491 e. The van der Waals surface area contributed by atoms with Crippen LogP contribution >= 0.6 is 0 Å². The van der Waals surface area contributed by atoms with E-state index < -0.39 is 21.6 Å². The first-order valence-corrected chi connectivity index (χ1v) is 14.4. The zero-order chi connectivity index (χ0) is 27.1. The number of ether oxygens (including phenoxy) is 1. The molecule has 0 radical (unpaired) electrons. The SMILES string of the molecule is Cc1cc(CN2C[C@]3(CCN(Cc4cccc(OC(C)C)c4)[C@@H](C)C3)N(c3cccc(F)c3)S2(=O)=O)no1. The third-order valence-corrected chi connectivity index (χ3v) is 9.31. The summed E-state index contributed by atoms with van der Waals surface area (Å²) in [4.78, 5) is 2.37. The molecule has 3 heterocycles. The molecule has 0 aliphatic carbocycles. The molecular formula is C28H35FN4O4S. The second-order valence-electron chi connectivity index (χ2n) is 10.8. The van der Waals surface area contributed by atoms with Gasteiger partial charge < -0.3 is 9.26 Å². The molecule has 2 atom stereocenters. The smallest absolute Gasteiger partial charge is 0.305 e. The van der Waals surface area contributed by atoms with Gasteiger partial charge in [0.05, 0.1) is 29.6 Å². The molecule has 204 valence electrons. The summed E-state index contributed by atoms with van der Waals surface area (Å²) in [5.74, 6) is 1.00. The van der Waals surface area contributed by atoms with Crippen LogP contribution in [0.2, 0.25) is 0 Å². The summed E-state index contributed by atoms with van der Waals surface area (Å²) in [6, 6.07) is 15.8. The van der Waals surface area contributed by atoms with E-state index in [9.17, 15) is 12.8 Å². The molecule has 0 saturated carbocycles. The first-order chi connectivity index (χ1) is 18.1. The number of hydrogen-bond donors (Lipinski definition) is 0. The number of hydrogen-bond acceptors (Lipinski definition) is 6. The Morgan fingerprint density at radius 3 is 2.63 bits per heavy atom. The molecule has 38 heavy (non-hydrogen) atoms. The highest BCUT2D eigenvalue weighted by molar-refractivity contribution is 7.90. The summed E-state index contributed by atoms with van der Waals surface area (Å²) in [7, 11) is -3.93. The average Bonchev–Trinajstić information content (AvgIpc) is 3.33. The summed E-state index contributed by atoms with van der Waals surface area (Å²) in [5.41, 5.74) is 1.35. The van der Waals surface area contributed by atoms with Crippen LogP contribution in [0.15, 0.2) is 59.1 Å². The van der Waals surface area contributed by atoms with Gasteiger partial charge in [-0.15, -0.1) is 0 Å². The van der Waals surface area contributed by atoms with Gasteiger partial charge in [0.2, 0.25) is 0 Å². The molecule has 0 unspecified atom stereocenters. The fourth-order valence-corrected chi connectivity index (χ4v) is 7.82. The normalized spacial score (nSPS) is 23.9. The first-order valence-electron chi connectivity index (χ1n) is 13.0. The number of likely N-dealkylation sites (tertiary alicyclic amines) is 1. The maximum absolute atomic E-state index is 14.3. The molecule has 1 spiro atoms. The lowest BCUT2D eigenvalue weighted by molar-refractivity contribution is 0.0981. The second kappa shape index (κ2) is 10.3. The number of halogens is 1. The van der Waals surface area contributed by atoms with Crippen molar-refractivity contribution in [2.45, 2.75) is 71.3 Å². The maximum Gasteiger partial charge on any atom is 0.305 e. The fraction of sp³-hybridized carbons (Fsp3) is 0.464. The quantitative estimate of drug-likeness (QED) is 0.423. The van der Waals surface area contributed by atoms with Crippen molar-refractivity contribution >= 4 is 15.9 Å². The van der Waals surface area contributed by atoms with Crippen LogP contribution in [0.25, 0.3) is 0 Å². The third-order valence-electron chi connectivity index (χ3n) is 7.34. The van der Waals surface area contributed by atoms with E-state index in [2.05, 4.69) is 29.1 Å². The number of anilines is 1. The van der Waals surface area contributed by atoms with Crippen LogP contribution in [0.3, 0.4) is 0 Å². The number of aromatic nitrogens is 1. The van der Waals surface area contributed by atoms with Crippen LogP contribution in [0.5, 0.6) is 5.75 Å². The van der Waals surface area contributed by atoms with Crippen molar-refractivity contribution in [1.82, 2.24) is 14.4 Å². The number of piperidine rings is 1. The van der Waals surface area contributed by atoms with Gasteiger partial charge in [-0.25, -0.2) is 8.70 Å². The number of aryl methyl sites for hydroxylation is 1. The molecule has 0 bridgehead atoms.